The lowest BCUT2D eigenvalue weighted by atomic mass is 10.1. The van der Waals surface area contributed by atoms with Crippen molar-refractivity contribution in [2.75, 3.05) is 13.7 Å². The maximum absolute atomic E-state index is 13.2. The standard InChI is InChI=1S/C23H28Cl2N2O4/c1-5-20(23(29)26-15(2)3)27(13-16-7-6-8-18(11-16)30-4)22(28)14-31-21-10-9-17(24)12-19(21)25/h6-12,15,20H,5,13-14H2,1-4H3,(H,26,29)/t20-/m0/s1. The normalized spacial score (nSPS) is 11.7. The number of hydrogen-bond acceptors (Lipinski definition) is 4. The fraction of sp³-hybridized carbons (Fsp3) is 0.391. The second kappa shape index (κ2) is 11.8. The Morgan fingerprint density at radius 1 is 1.13 bits per heavy atom. The maximum Gasteiger partial charge on any atom is 0.261 e. The minimum atomic E-state index is -0.648. The quantitative estimate of drug-likeness (QED) is 0.550. The van der Waals surface area contributed by atoms with Gasteiger partial charge < -0.3 is 19.7 Å². The molecule has 0 saturated carbocycles. The molecule has 8 heteroatoms. The average Bonchev–Trinajstić information content (AvgIpc) is 2.72. The third-order valence-electron chi connectivity index (χ3n) is 4.55. The molecule has 1 N–H and O–H groups in total. The van der Waals surface area contributed by atoms with Crippen LogP contribution in [0.5, 0.6) is 11.5 Å². The molecule has 0 radical (unpaired) electrons. The molecule has 1 atom stereocenters. The van der Waals surface area contributed by atoms with Crippen molar-refractivity contribution in [3.8, 4) is 11.5 Å². The number of ether oxygens (including phenoxy) is 2. The van der Waals surface area contributed by atoms with E-state index in [1.807, 2.05) is 45.0 Å². The number of halogens is 2. The third-order valence-corrected chi connectivity index (χ3v) is 5.08. The molecule has 31 heavy (non-hydrogen) atoms. The van der Waals surface area contributed by atoms with Crippen LogP contribution in [0.15, 0.2) is 42.5 Å². The zero-order chi connectivity index (χ0) is 23.0. The van der Waals surface area contributed by atoms with Gasteiger partial charge in [0.1, 0.15) is 17.5 Å². The van der Waals surface area contributed by atoms with E-state index in [-0.39, 0.29) is 31.0 Å². The van der Waals surface area contributed by atoms with Crippen LogP contribution >= 0.6 is 23.2 Å². The van der Waals surface area contributed by atoms with Crippen LogP contribution in [-0.4, -0.2) is 42.5 Å². The van der Waals surface area contributed by atoms with Crippen LogP contribution < -0.4 is 14.8 Å². The van der Waals surface area contributed by atoms with E-state index in [1.165, 1.54) is 4.90 Å². The summed E-state index contributed by atoms with van der Waals surface area (Å²) in [7, 11) is 1.58. The molecule has 0 fully saturated rings. The summed E-state index contributed by atoms with van der Waals surface area (Å²) in [5.41, 5.74) is 0.841. The number of benzene rings is 2. The lowest BCUT2D eigenvalue weighted by Gasteiger charge is -2.31. The Kier molecular flexibility index (Phi) is 9.46. The third kappa shape index (κ3) is 7.33. The lowest BCUT2D eigenvalue weighted by Crippen LogP contribution is -2.51. The lowest BCUT2D eigenvalue weighted by molar-refractivity contribution is -0.143. The van der Waals surface area contributed by atoms with E-state index in [1.54, 1.807) is 25.3 Å². The minimum Gasteiger partial charge on any atom is -0.497 e. The minimum absolute atomic E-state index is 0.0422. The fourth-order valence-corrected chi connectivity index (χ4v) is 3.55. The van der Waals surface area contributed by atoms with Crippen LogP contribution in [-0.2, 0) is 16.1 Å². The number of nitrogens with zero attached hydrogens (tertiary/aromatic N) is 1. The zero-order valence-corrected chi connectivity index (χ0v) is 19.7. The van der Waals surface area contributed by atoms with E-state index in [4.69, 9.17) is 32.7 Å². The Labute approximate surface area is 193 Å². The number of hydrogen-bond donors (Lipinski definition) is 1. The first-order chi connectivity index (χ1) is 14.7. The van der Waals surface area contributed by atoms with Crippen LogP contribution in [0.4, 0.5) is 0 Å². The predicted molar refractivity (Wildman–Crippen MR) is 123 cm³/mol. The van der Waals surface area contributed by atoms with Crippen molar-refractivity contribution in [2.24, 2.45) is 0 Å². The van der Waals surface area contributed by atoms with E-state index in [9.17, 15) is 9.59 Å². The van der Waals surface area contributed by atoms with Crippen LogP contribution in [0.2, 0.25) is 10.0 Å². The number of methoxy groups -OCH3 is 1. The van der Waals surface area contributed by atoms with Crippen LogP contribution in [0, 0.1) is 0 Å². The maximum atomic E-state index is 13.2. The van der Waals surface area contributed by atoms with Gasteiger partial charge in [0.25, 0.3) is 5.91 Å². The Bertz CT molecular complexity index is 905. The van der Waals surface area contributed by atoms with Crippen molar-refractivity contribution in [2.45, 2.75) is 45.8 Å². The SMILES string of the molecule is CC[C@@H](C(=O)NC(C)C)N(Cc1cccc(OC)c1)C(=O)COc1ccc(Cl)cc1Cl. The highest BCUT2D eigenvalue weighted by Gasteiger charge is 2.29. The number of nitrogens with one attached hydrogen (secondary N) is 1. The Balaban J connectivity index is 2.25. The smallest absolute Gasteiger partial charge is 0.261 e. The molecule has 2 aromatic rings. The summed E-state index contributed by atoms with van der Waals surface area (Å²) in [6, 6.07) is 11.5. The molecule has 2 amide bonds. The molecule has 2 rings (SSSR count). The molecule has 0 aliphatic carbocycles. The summed E-state index contributed by atoms with van der Waals surface area (Å²) >= 11 is 12.1. The van der Waals surface area contributed by atoms with Gasteiger partial charge in [0.15, 0.2) is 6.61 Å². The average molecular weight is 467 g/mol. The number of rotatable bonds is 10. The topological polar surface area (TPSA) is 67.9 Å². The first-order valence-electron chi connectivity index (χ1n) is 10.1. The molecule has 6 nitrogen and oxygen atoms in total. The molecule has 0 aliphatic rings. The van der Waals surface area contributed by atoms with E-state index in [0.29, 0.717) is 28.0 Å². The summed E-state index contributed by atoms with van der Waals surface area (Å²) in [6.45, 7) is 5.59. The number of carbonyl (C=O) groups excluding carboxylic acids is 2. The summed E-state index contributed by atoms with van der Waals surface area (Å²) in [5.74, 6) is 0.479. The van der Waals surface area contributed by atoms with Crippen molar-refractivity contribution in [3.05, 3.63) is 58.1 Å². The van der Waals surface area contributed by atoms with Gasteiger partial charge in [-0.25, -0.2) is 0 Å². The van der Waals surface area contributed by atoms with Gasteiger partial charge in [-0.15, -0.1) is 0 Å². The second-order valence-corrected chi connectivity index (χ2v) is 8.17. The second-order valence-electron chi connectivity index (χ2n) is 7.32. The number of carbonyl (C=O) groups is 2. The van der Waals surface area contributed by atoms with Crippen molar-refractivity contribution >= 4 is 35.0 Å². The molecule has 0 aliphatic heterocycles. The molecule has 0 saturated heterocycles. The van der Waals surface area contributed by atoms with Crippen molar-refractivity contribution in [1.82, 2.24) is 10.2 Å². The largest absolute Gasteiger partial charge is 0.497 e. The first kappa shape index (κ1) is 24.8. The molecular weight excluding hydrogens is 439 g/mol. The van der Waals surface area contributed by atoms with Crippen molar-refractivity contribution in [3.63, 3.8) is 0 Å². The highest BCUT2D eigenvalue weighted by atomic mass is 35.5. The first-order valence-corrected chi connectivity index (χ1v) is 10.8. The molecule has 0 heterocycles. The Hall–Kier alpha value is -2.44. The number of amides is 2. The van der Waals surface area contributed by atoms with Gasteiger partial charge >= 0.3 is 0 Å². The van der Waals surface area contributed by atoms with Gasteiger partial charge in [0.05, 0.1) is 12.1 Å². The highest BCUT2D eigenvalue weighted by molar-refractivity contribution is 6.35. The monoisotopic (exact) mass is 466 g/mol. The Morgan fingerprint density at radius 2 is 1.87 bits per heavy atom. The fourth-order valence-electron chi connectivity index (χ4n) is 3.08. The van der Waals surface area contributed by atoms with Crippen LogP contribution in [0.3, 0.4) is 0 Å². The molecular formula is C23H28Cl2N2O4. The predicted octanol–water partition coefficient (Wildman–Crippen LogP) is 4.71. The molecule has 168 valence electrons. The van der Waals surface area contributed by atoms with Crippen molar-refractivity contribution in [1.29, 1.82) is 0 Å². The zero-order valence-electron chi connectivity index (χ0n) is 18.2. The van der Waals surface area contributed by atoms with E-state index >= 15 is 0 Å². The van der Waals surface area contributed by atoms with Crippen molar-refractivity contribution < 1.29 is 19.1 Å². The Morgan fingerprint density at radius 3 is 2.48 bits per heavy atom. The molecule has 0 spiro atoms. The van der Waals surface area contributed by atoms with Gasteiger partial charge in [-0.2, -0.15) is 0 Å². The summed E-state index contributed by atoms with van der Waals surface area (Å²) in [4.78, 5) is 27.5. The summed E-state index contributed by atoms with van der Waals surface area (Å²) in [5, 5.41) is 3.67. The van der Waals surface area contributed by atoms with E-state index < -0.39 is 6.04 Å². The van der Waals surface area contributed by atoms with Crippen LogP contribution in [0.25, 0.3) is 0 Å². The molecule has 0 unspecified atom stereocenters. The van der Waals surface area contributed by atoms with Gasteiger partial charge in [0.2, 0.25) is 5.91 Å². The van der Waals surface area contributed by atoms with Gasteiger partial charge in [-0.1, -0.05) is 42.3 Å². The summed E-state index contributed by atoms with van der Waals surface area (Å²) in [6.07, 6.45) is 0.454. The molecule has 0 aromatic heterocycles. The van der Waals surface area contributed by atoms with Gasteiger partial charge in [0, 0.05) is 17.6 Å². The van der Waals surface area contributed by atoms with Gasteiger partial charge in [-0.3, -0.25) is 9.59 Å². The van der Waals surface area contributed by atoms with E-state index in [2.05, 4.69) is 5.32 Å². The van der Waals surface area contributed by atoms with E-state index in [0.717, 1.165) is 5.56 Å². The molecule has 0 bridgehead atoms. The highest BCUT2D eigenvalue weighted by Crippen LogP contribution is 2.27. The molecule has 2 aromatic carbocycles. The van der Waals surface area contributed by atoms with Gasteiger partial charge in [-0.05, 0) is 56.2 Å². The van der Waals surface area contributed by atoms with Crippen LogP contribution in [0.1, 0.15) is 32.8 Å². The summed E-state index contributed by atoms with van der Waals surface area (Å²) < 4.78 is 10.9.